The molecule has 0 unspecified atom stereocenters. The summed E-state index contributed by atoms with van der Waals surface area (Å²) < 4.78 is 7.25. The number of halogens is 1. The zero-order valence-corrected chi connectivity index (χ0v) is 13.6. The molecule has 0 aliphatic heterocycles. The molecule has 0 atom stereocenters. The van der Waals surface area contributed by atoms with Gasteiger partial charge in [-0.15, -0.1) is 0 Å². The fourth-order valence-electron chi connectivity index (χ4n) is 2.81. The summed E-state index contributed by atoms with van der Waals surface area (Å²) in [6, 6.07) is 7.20. The van der Waals surface area contributed by atoms with Crippen molar-refractivity contribution < 1.29 is 9.53 Å². The van der Waals surface area contributed by atoms with Crippen molar-refractivity contribution in [3.63, 3.8) is 0 Å². The number of nitrogens with zero attached hydrogens (tertiary/aromatic N) is 2. The van der Waals surface area contributed by atoms with Gasteiger partial charge >= 0.3 is 0 Å². The van der Waals surface area contributed by atoms with Crippen molar-refractivity contribution >= 4 is 23.2 Å². The summed E-state index contributed by atoms with van der Waals surface area (Å²) in [6.45, 7) is 0.264. The molecule has 1 saturated carbocycles. The molecule has 1 amide bonds. The van der Waals surface area contributed by atoms with Gasteiger partial charge in [0, 0.05) is 10.9 Å². The van der Waals surface area contributed by atoms with Crippen molar-refractivity contribution in [1.82, 2.24) is 9.78 Å². The van der Waals surface area contributed by atoms with Gasteiger partial charge in [0.1, 0.15) is 5.75 Å². The molecule has 3 rings (SSSR count). The second-order valence-corrected chi connectivity index (χ2v) is 6.26. The Labute approximate surface area is 140 Å². The van der Waals surface area contributed by atoms with E-state index in [1.807, 2.05) is 12.1 Å². The quantitative estimate of drug-likeness (QED) is 0.896. The SMILES string of the molecule is O=C(Nc1cnn(COc2cccc(Cl)c2)c1)C1CCCCC1. The summed E-state index contributed by atoms with van der Waals surface area (Å²) in [5.74, 6) is 0.913. The zero-order chi connectivity index (χ0) is 16.1. The van der Waals surface area contributed by atoms with Crippen molar-refractivity contribution in [2.45, 2.75) is 38.8 Å². The molecule has 0 saturated heterocycles. The van der Waals surface area contributed by atoms with Gasteiger partial charge in [-0.05, 0) is 31.0 Å². The van der Waals surface area contributed by atoms with Crippen LogP contribution in [0.1, 0.15) is 32.1 Å². The first kappa shape index (κ1) is 15.9. The van der Waals surface area contributed by atoms with E-state index in [0.29, 0.717) is 16.5 Å². The highest BCUT2D eigenvalue weighted by molar-refractivity contribution is 6.30. The Hall–Kier alpha value is -2.01. The van der Waals surface area contributed by atoms with E-state index in [1.54, 1.807) is 29.2 Å². The molecule has 23 heavy (non-hydrogen) atoms. The van der Waals surface area contributed by atoms with Crippen LogP contribution in [0, 0.1) is 5.92 Å². The van der Waals surface area contributed by atoms with Crippen molar-refractivity contribution in [2.75, 3.05) is 5.32 Å². The number of nitrogens with one attached hydrogen (secondary N) is 1. The molecule has 5 nitrogen and oxygen atoms in total. The summed E-state index contributed by atoms with van der Waals surface area (Å²) in [7, 11) is 0. The zero-order valence-electron chi connectivity index (χ0n) is 12.9. The van der Waals surface area contributed by atoms with Crippen LogP contribution in [0.4, 0.5) is 5.69 Å². The van der Waals surface area contributed by atoms with Gasteiger partial charge in [-0.1, -0.05) is 36.9 Å². The second-order valence-electron chi connectivity index (χ2n) is 5.82. The van der Waals surface area contributed by atoms with Crippen molar-refractivity contribution in [2.24, 2.45) is 5.92 Å². The minimum absolute atomic E-state index is 0.0972. The third kappa shape index (κ3) is 4.48. The Bertz CT molecular complexity index is 665. The number of aromatic nitrogens is 2. The van der Waals surface area contributed by atoms with Crippen LogP contribution in [0.15, 0.2) is 36.7 Å². The molecule has 1 heterocycles. The van der Waals surface area contributed by atoms with Crippen LogP contribution in [-0.4, -0.2) is 15.7 Å². The van der Waals surface area contributed by atoms with E-state index in [4.69, 9.17) is 16.3 Å². The van der Waals surface area contributed by atoms with E-state index in [0.717, 1.165) is 25.7 Å². The average Bonchev–Trinajstić information content (AvgIpc) is 3.01. The van der Waals surface area contributed by atoms with Gasteiger partial charge in [-0.2, -0.15) is 5.10 Å². The molecule has 2 aromatic rings. The van der Waals surface area contributed by atoms with Gasteiger partial charge in [-0.25, -0.2) is 4.68 Å². The normalized spacial score (nSPS) is 15.3. The van der Waals surface area contributed by atoms with Gasteiger partial charge in [0.2, 0.25) is 5.91 Å². The van der Waals surface area contributed by atoms with E-state index in [1.165, 1.54) is 6.42 Å². The van der Waals surface area contributed by atoms with Gasteiger partial charge in [0.15, 0.2) is 6.73 Å². The number of carbonyl (C=O) groups excluding carboxylic acids is 1. The molecule has 1 aliphatic rings. The largest absolute Gasteiger partial charge is 0.471 e. The molecular weight excluding hydrogens is 314 g/mol. The molecule has 1 aromatic carbocycles. The highest BCUT2D eigenvalue weighted by atomic mass is 35.5. The number of rotatable bonds is 5. The summed E-state index contributed by atoms with van der Waals surface area (Å²) in [5.41, 5.74) is 0.704. The number of carbonyl (C=O) groups is 1. The average molecular weight is 334 g/mol. The number of anilines is 1. The number of amides is 1. The summed E-state index contributed by atoms with van der Waals surface area (Å²) in [6.07, 6.45) is 8.90. The smallest absolute Gasteiger partial charge is 0.227 e. The Balaban J connectivity index is 1.52. The van der Waals surface area contributed by atoms with Crippen molar-refractivity contribution in [3.05, 3.63) is 41.7 Å². The van der Waals surface area contributed by atoms with Crippen LogP contribution < -0.4 is 10.1 Å². The lowest BCUT2D eigenvalue weighted by molar-refractivity contribution is -0.120. The standard InChI is InChI=1S/C17H20ClN3O2/c18-14-7-4-8-16(9-14)23-12-21-11-15(10-19-21)20-17(22)13-5-2-1-3-6-13/h4,7-11,13H,1-3,5-6,12H2,(H,20,22). The lowest BCUT2D eigenvalue weighted by Gasteiger charge is -2.20. The molecular formula is C17H20ClN3O2. The van der Waals surface area contributed by atoms with Crippen molar-refractivity contribution in [1.29, 1.82) is 0 Å². The van der Waals surface area contributed by atoms with E-state index in [9.17, 15) is 4.79 Å². The maximum Gasteiger partial charge on any atom is 0.227 e. The van der Waals surface area contributed by atoms with Crippen LogP contribution >= 0.6 is 11.6 Å². The molecule has 0 bridgehead atoms. The van der Waals surface area contributed by atoms with E-state index >= 15 is 0 Å². The number of hydrogen-bond donors (Lipinski definition) is 1. The Morgan fingerprint density at radius 3 is 2.96 bits per heavy atom. The summed E-state index contributed by atoms with van der Waals surface area (Å²) >= 11 is 5.91. The third-order valence-corrected chi connectivity index (χ3v) is 4.27. The first-order valence-electron chi connectivity index (χ1n) is 7.92. The Morgan fingerprint density at radius 1 is 1.35 bits per heavy atom. The number of benzene rings is 1. The number of ether oxygens (including phenoxy) is 1. The van der Waals surface area contributed by atoms with Gasteiger partial charge in [-0.3, -0.25) is 4.79 Å². The van der Waals surface area contributed by atoms with Gasteiger partial charge in [0.05, 0.1) is 18.1 Å². The Morgan fingerprint density at radius 2 is 2.17 bits per heavy atom. The predicted octanol–water partition coefficient (Wildman–Crippen LogP) is 4.09. The predicted molar refractivity (Wildman–Crippen MR) is 89.5 cm³/mol. The molecule has 1 fully saturated rings. The lowest BCUT2D eigenvalue weighted by Crippen LogP contribution is -2.24. The fourth-order valence-corrected chi connectivity index (χ4v) is 2.99. The molecule has 6 heteroatoms. The third-order valence-electron chi connectivity index (χ3n) is 4.04. The van der Waals surface area contributed by atoms with E-state index in [-0.39, 0.29) is 18.6 Å². The second kappa shape index (κ2) is 7.51. The minimum atomic E-state index is 0.0972. The van der Waals surface area contributed by atoms with E-state index < -0.39 is 0 Å². The highest BCUT2D eigenvalue weighted by Gasteiger charge is 2.21. The van der Waals surface area contributed by atoms with Crippen LogP contribution in [0.3, 0.4) is 0 Å². The topological polar surface area (TPSA) is 56.2 Å². The monoisotopic (exact) mass is 333 g/mol. The van der Waals surface area contributed by atoms with Crippen LogP contribution in [-0.2, 0) is 11.5 Å². The molecule has 0 spiro atoms. The number of hydrogen-bond acceptors (Lipinski definition) is 3. The molecule has 1 N–H and O–H groups in total. The molecule has 1 aliphatic carbocycles. The lowest BCUT2D eigenvalue weighted by atomic mass is 9.89. The van der Waals surface area contributed by atoms with Crippen LogP contribution in [0.2, 0.25) is 5.02 Å². The molecule has 0 radical (unpaired) electrons. The molecule has 1 aromatic heterocycles. The van der Waals surface area contributed by atoms with Crippen molar-refractivity contribution in [3.8, 4) is 5.75 Å². The van der Waals surface area contributed by atoms with Crippen LogP contribution in [0.25, 0.3) is 0 Å². The van der Waals surface area contributed by atoms with Gasteiger partial charge in [0.25, 0.3) is 0 Å². The maximum absolute atomic E-state index is 12.2. The minimum Gasteiger partial charge on any atom is -0.471 e. The van der Waals surface area contributed by atoms with Gasteiger partial charge < -0.3 is 10.1 Å². The first-order valence-corrected chi connectivity index (χ1v) is 8.30. The van der Waals surface area contributed by atoms with Crippen LogP contribution in [0.5, 0.6) is 5.75 Å². The molecule has 122 valence electrons. The summed E-state index contributed by atoms with van der Waals surface area (Å²) in [4.78, 5) is 12.2. The maximum atomic E-state index is 12.2. The highest BCUT2D eigenvalue weighted by Crippen LogP contribution is 2.25. The summed E-state index contributed by atoms with van der Waals surface area (Å²) in [5, 5.41) is 7.76. The fraction of sp³-hybridized carbons (Fsp3) is 0.412. The first-order chi connectivity index (χ1) is 11.2. The van der Waals surface area contributed by atoms with E-state index in [2.05, 4.69) is 10.4 Å². The Kier molecular flexibility index (Phi) is 5.18.